The Morgan fingerprint density at radius 2 is 1.79 bits per heavy atom. The van der Waals surface area contributed by atoms with Crippen molar-refractivity contribution in [3.05, 3.63) is 84.0 Å². The molecule has 0 aliphatic carbocycles. The quantitative estimate of drug-likeness (QED) is 0.298. The Kier molecular flexibility index (Phi) is 10.2. The molecule has 1 saturated heterocycles. The number of aromatic nitrogens is 1. The first-order chi connectivity index (χ1) is 20.4. The topological polar surface area (TPSA) is 134 Å². The number of nitrogens with zero attached hydrogens (tertiary/aromatic N) is 2. The summed E-state index contributed by atoms with van der Waals surface area (Å²) in [5.74, 6) is -1.65. The fraction of sp³-hybridized carbons (Fsp3) is 0.300. The molecule has 9 nitrogen and oxygen atoms in total. The van der Waals surface area contributed by atoms with Gasteiger partial charge in [0.2, 0.25) is 21.8 Å². The molecule has 1 fully saturated rings. The van der Waals surface area contributed by atoms with Crippen molar-refractivity contribution in [2.45, 2.75) is 50.0 Å². The SMILES string of the molecule is CC(=O)Nc1c(-c2cccc(F)c2)cccc1S(=O)(=O)N[C@@H](CCCc1ccc(N)cn1)C(=O)N1CCC(=C(F)F)CC1. The summed E-state index contributed by atoms with van der Waals surface area (Å²) in [4.78, 5) is 31.0. The first-order valence-corrected chi connectivity index (χ1v) is 15.1. The predicted octanol–water partition coefficient (Wildman–Crippen LogP) is 4.87. The molecule has 1 aliphatic rings. The molecule has 4 rings (SSSR count). The van der Waals surface area contributed by atoms with E-state index in [1.807, 2.05) is 0 Å². The summed E-state index contributed by atoms with van der Waals surface area (Å²) < 4.78 is 70.4. The lowest BCUT2D eigenvalue weighted by molar-refractivity contribution is -0.133. The number of likely N-dealkylation sites (tertiary alicyclic amines) is 1. The molecule has 0 bridgehead atoms. The minimum absolute atomic E-state index is 0.00867. The van der Waals surface area contributed by atoms with E-state index in [0.29, 0.717) is 29.8 Å². The van der Waals surface area contributed by atoms with Crippen molar-refractivity contribution in [2.24, 2.45) is 0 Å². The van der Waals surface area contributed by atoms with Crippen LogP contribution in [0.5, 0.6) is 0 Å². The van der Waals surface area contributed by atoms with E-state index in [0.717, 1.165) is 0 Å². The molecular weight excluding hydrogens is 583 g/mol. The summed E-state index contributed by atoms with van der Waals surface area (Å²) in [5.41, 5.74) is 7.38. The number of hydrogen-bond acceptors (Lipinski definition) is 6. The molecule has 0 unspecified atom stereocenters. The van der Waals surface area contributed by atoms with Gasteiger partial charge < -0.3 is 16.0 Å². The Labute approximate surface area is 248 Å². The van der Waals surface area contributed by atoms with Gasteiger partial charge in [0.15, 0.2) is 0 Å². The standard InChI is InChI=1S/C30H32F3N5O4S/c1-19(39)36-28-25(21-5-2-6-22(31)17-21)8-4-10-27(28)43(41,42)37-26(9-3-7-24-12-11-23(34)18-35-24)30(40)38-15-13-20(14-16-38)29(32)33/h2,4-6,8,10-12,17-18,26,37H,3,7,9,13-16,34H2,1H3,(H,36,39)/t26-/m0/s1. The van der Waals surface area contributed by atoms with E-state index in [9.17, 15) is 31.2 Å². The summed E-state index contributed by atoms with van der Waals surface area (Å²) >= 11 is 0. The van der Waals surface area contributed by atoms with Crippen LogP contribution < -0.4 is 15.8 Å². The number of hydrogen-bond donors (Lipinski definition) is 3. The van der Waals surface area contributed by atoms with Gasteiger partial charge in [-0.15, -0.1) is 0 Å². The zero-order valence-corrected chi connectivity index (χ0v) is 24.3. The van der Waals surface area contributed by atoms with Gasteiger partial charge in [0.1, 0.15) is 16.8 Å². The Morgan fingerprint density at radius 1 is 1.07 bits per heavy atom. The van der Waals surface area contributed by atoms with Crippen LogP contribution in [0.25, 0.3) is 11.1 Å². The highest BCUT2D eigenvalue weighted by atomic mass is 32.2. The van der Waals surface area contributed by atoms with E-state index in [2.05, 4.69) is 15.0 Å². The largest absolute Gasteiger partial charge is 0.397 e. The number of amides is 2. The molecule has 0 saturated carbocycles. The number of carbonyl (C=O) groups is 2. The predicted molar refractivity (Wildman–Crippen MR) is 157 cm³/mol. The maximum atomic E-state index is 14.0. The van der Waals surface area contributed by atoms with E-state index in [1.165, 1.54) is 48.4 Å². The highest BCUT2D eigenvalue weighted by Gasteiger charge is 2.32. The summed E-state index contributed by atoms with van der Waals surface area (Å²) in [7, 11) is -4.45. The average molecular weight is 616 g/mol. The molecule has 43 heavy (non-hydrogen) atoms. The number of nitrogens with one attached hydrogen (secondary N) is 2. The Bertz CT molecular complexity index is 1620. The van der Waals surface area contributed by atoms with Crippen molar-refractivity contribution in [3.63, 3.8) is 0 Å². The van der Waals surface area contributed by atoms with Crippen molar-refractivity contribution in [2.75, 3.05) is 24.1 Å². The molecule has 2 aromatic carbocycles. The number of halogens is 3. The highest BCUT2D eigenvalue weighted by Crippen LogP contribution is 2.34. The van der Waals surface area contributed by atoms with Crippen molar-refractivity contribution in [1.82, 2.24) is 14.6 Å². The van der Waals surface area contributed by atoms with Crippen molar-refractivity contribution < 1.29 is 31.2 Å². The van der Waals surface area contributed by atoms with Gasteiger partial charge in [0, 0.05) is 31.3 Å². The number of nitrogens with two attached hydrogens (primary N) is 1. The van der Waals surface area contributed by atoms with E-state index in [-0.39, 0.29) is 54.1 Å². The molecule has 0 spiro atoms. The van der Waals surface area contributed by atoms with Crippen molar-refractivity contribution >= 4 is 33.2 Å². The minimum Gasteiger partial charge on any atom is -0.397 e. The summed E-state index contributed by atoms with van der Waals surface area (Å²) in [6.45, 7) is 1.26. The van der Waals surface area contributed by atoms with Gasteiger partial charge in [-0.1, -0.05) is 24.3 Å². The van der Waals surface area contributed by atoms with E-state index in [4.69, 9.17) is 5.73 Å². The number of pyridine rings is 1. The number of piperidine rings is 1. The zero-order valence-electron chi connectivity index (χ0n) is 23.4. The fourth-order valence-electron chi connectivity index (χ4n) is 4.92. The molecule has 1 atom stereocenters. The lowest BCUT2D eigenvalue weighted by Crippen LogP contribution is -2.50. The maximum Gasteiger partial charge on any atom is 0.269 e. The average Bonchev–Trinajstić information content (AvgIpc) is 2.97. The van der Waals surface area contributed by atoms with Gasteiger partial charge in [0.05, 0.1) is 17.6 Å². The number of sulfonamides is 1. The third kappa shape index (κ3) is 8.20. The number of para-hydroxylation sites is 1. The molecule has 4 N–H and O–H groups in total. The number of benzene rings is 2. The smallest absolute Gasteiger partial charge is 0.269 e. The van der Waals surface area contributed by atoms with Gasteiger partial charge in [-0.05, 0) is 73.6 Å². The molecule has 13 heteroatoms. The number of nitrogen functional groups attached to an aromatic ring is 1. The van der Waals surface area contributed by atoms with Crippen LogP contribution in [0.2, 0.25) is 0 Å². The third-order valence-corrected chi connectivity index (χ3v) is 8.58. The number of carbonyl (C=O) groups excluding carboxylic acids is 2. The molecule has 1 aliphatic heterocycles. The van der Waals surface area contributed by atoms with Crippen LogP contribution in [-0.2, 0) is 26.0 Å². The lowest BCUT2D eigenvalue weighted by atomic mass is 10.0. The van der Waals surface area contributed by atoms with Crippen LogP contribution in [0.15, 0.2) is 77.3 Å². The van der Waals surface area contributed by atoms with Gasteiger partial charge in [-0.25, -0.2) is 12.8 Å². The lowest BCUT2D eigenvalue weighted by Gasteiger charge is -2.31. The van der Waals surface area contributed by atoms with E-state index in [1.54, 1.807) is 24.3 Å². The first-order valence-electron chi connectivity index (χ1n) is 13.7. The van der Waals surface area contributed by atoms with Gasteiger partial charge in [-0.2, -0.15) is 13.5 Å². The van der Waals surface area contributed by atoms with Crippen LogP contribution in [0, 0.1) is 5.82 Å². The van der Waals surface area contributed by atoms with Gasteiger partial charge in [-0.3, -0.25) is 14.6 Å². The van der Waals surface area contributed by atoms with Crippen LogP contribution >= 0.6 is 0 Å². The van der Waals surface area contributed by atoms with Crippen molar-refractivity contribution in [1.29, 1.82) is 0 Å². The summed E-state index contributed by atoms with van der Waals surface area (Å²) in [5, 5.41) is 2.55. The van der Waals surface area contributed by atoms with Crippen LogP contribution in [0.1, 0.15) is 38.3 Å². The van der Waals surface area contributed by atoms with Crippen LogP contribution in [-0.4, -0.2) is 49.2 Å². The second kappa shape index (κ2) is 13.8. The molecule has 2 heterocycles. The molecular formula is C30H32F3N5O4S. The number of anilines is 2. The second-order valence-electron chi connectivity index (χ2n) is 10.2. The normalized spacial score (nSPS) is 14.3. The molecule has 3 aromatic rings. The molecule has 1 aromatic heterocycles. The van der Waals surface area contributed by atoms with Gasteiger partial charge >= 0.3 is 0 Å². The maximum absolute atomic E-state index is 14.0. The Morgan fingerprint density at radius 3 is 2.42 bits per heavy atom. The zero-order chi connectivity index (χ0) is 31.1. The Balaban J connectivity index is 1.65. The van der Waals surface area contributed by atoms with Crippen LogP contribution in [0.4, 0.5) is 24.5 Å². The minimum atomic E-state index is -4.45. The Hall–Kier alpha value is -4.23. The summed E-state index contributed by atoms with van der Waals surface area (Å²) in [6.07, 6.45) is 0.604. The number of rotatable bonds is 10. The van der Waals surface area contributed by atoms with Crippen molar-refractivity contribution in [3.8, 4) is 11.1 Å². The highest BCUT2D eigenvalue weighted by molar-refractivity contribution is 7.89. The van der Waals surface area contributed by atoms with E-state index >= 15 is 0 Å². The van der Waals surface area contributed by atoms with Gasteiger partial charge in [0.25, 0.3) is 6.08 Å². The van der Waals surface area contributed by atoms with Crippen LogP contribution in [0.3, 0.4) is 0 Å². The molecule has 228 valence electrons. The fourth-order valence-corrected chi connectivity index (χ4v) is 6.33. The molecule has 0 radical (unpaired) electrons. The van der Waals surface area contributed by atoms with E-state index < -0.39 is 39.8 Å². The second-order valence-corrected chi connectivity index (χ2v) is 11.9. The number of aryl methyl sites for hydroxylation is 1. The monoisotopic (exact) mass is 615 g/mol. The third-order valence-electron chi connectivity index (χ3n) is 7.07. The molecule has 2 amide bonds. The first kappa shape index (κ1) is 31.7. The summed E-state index contributed by atoms with van der Waals surface area (Å²) in [6, 6.07) is 11.9.